The van der Waals surface area contributed by atoms with Crippen molar-refractivity contribution in [3.05, 3.63) is 95.2 Å². The maximum atomic E-state index is 13.9. The second-order valence-electron chi connectivity index (χ2n) is 9.56. The smallest absolute Gasteiger partial charge is 0.238 e. The minimum absolute atomic E-state index is 0.230. The number of fused-ring (bicyclic) bond motifs is 6. The van der Waals surface area contributed by atoms with E-state index in [0.29, 0.717) is 30.5 Å². The van der Waals surface area contributed by atoms with Crippen LogP contribution in [0.25, 0.3) is 10.9 Å². The monoisotopic (exact) mass is 506 g/mol. The molecule has 0 amide bonds. The van der Waals surface area contributed by atoms with Crippen LogP contribution in [0.4, 0.5) is 0 Å². The number of sulfonamides is 1. The van der Waals surface area contributed by atoms with Crippen LogP contribution in [0, 0.1) is 13.8 Å². The lowest BCUT2D eigenvalue weighted by Gasteiger charge is -2.34. The molecule has 1 fully saturated rings. The number of aryl methyl sites for hydroxylation is 2. The Labute approximate surface area is 205 Å². The molecule has 0 aliphatic carbocycles. The molecule has 0 spiro atoms. The SMILES string of the molecule is Cc1ccc(S(=O)(=O)N2[C@H]3CC[C@@H]2c2c(n(S(=O)(=O)c4ccc(C)cc4)c4ccccc24)C3)cc1. The Morgan fingerprint density at radius 1 is 0.714 bits per heavy atom. The summed E-state index contributed by atoms with van der Waals surface area (Å²) in [5.74, 6) is 0. The minimum atomic E-state index is -3.86. The Morgan fingerprint density at radius 3 is 1.91 bits per heavy atom. The van der Waals surface area contributed by atoms with Gasteiger partial charge in [-0.25, -0.2) is 20.8 Å². The number of hydrogen-bond acceptors (Lipinski definition) is 4. The molecule has 6 nitrogen and oxygen atoms in total. The largest absolute Gasteiger partial charge is 0.268 e. The zero-order valence-electron chi connectivity index (χ0n) is 19.5. The van der Waals surface area contributed by atoms with Gasteiger partial charge in [-0.05, 0) is 57.0 Å². The van der Waals surface area contributed by atoms with Gasteiger partial charge < -0.3 is 0 Å². The van der Waals surface area contributed by atoms with Crippen molar-refractivity contribution in [3.8, 4) is 0 Å². The van der Waals surface area contributed by atoms with E-state index in [0.717, 1.165) is 22.1 Å². The third-order valence-electron chi connectivity index (χ3n) is 7.33. The second kappa shape index (κ2) is 7.78. The summed E-state index contributed by atoms with van der Waals surface area (Å²) >= 11 is 0. The predicted octanol–water partition coefficient (Wildman–Crippen LogP) is 4.95. The highest BCUT2D eigenvalue weighted by Gasteiger charge is 2.49. The molecule has 4 aromatic rings. The first-order valence-electron chi connectivity index (χ1n) is 11.7. The first-order chi connectivity index (χ1) is 16.7. The Bertz CT molecular complexity index is 1670. The highest BCUT2D eigenvalue weighted by molar-refractivity contribution is 7.90. The van der Waals surface area contributed by atoms with E-state index in [1.807, 2.05) is 50.2 Å². The molecule has 180 valence electrons. The molecule has 6 rings (SSSR count). The van der Waals surface area contributed by atoms with E-state index in [-0.39, 0.29) is 15.8 Å². The topological polar surface area (TPSA) is 76.5 Å². The third kappa shape index (κ3) is 3.31. The molecule has 2 aliphatic heterocycles. The van der Waals surface area contributed by atoms with E-state index in [9.17, 15) is 16.8 Å². The average Bonchev–Trinajstić information content (AvgIpc) is 3.34. The lowest BCUT2D eigenvalue weighted by Crippen LogP contribution is -2.42. The molecule has 1 aromatic heterocycles. The molecule has 0 saturated carbocycles. The van der Waals surface area contributed by atoms with Crippen molar-refractivity contribution in [3.63, 3.8) is 0 Å². The highest BCUT2D eigenvalue weighted by atomic mass is 32.2. The fraction of sp³-hybridized carbons (Fsp3) is 0.259. The average molecular weight is 507 g/mol. The molecule has 1 saturated heterocycles. The van der Waals surface area contributed by atoms with Crippen molar-refractivity contribution in [1.29, 1.82) is 0 Å². The van der Waals surface area contributed by atoms with Gasteiger partial charge in [0, 0.05) is 29.1 Å². The van der Waals surface area contributed by atoms with Gasteiger partial charge in [0.15, 0.2) is 0 Å². The minimum Gasteiger partial charge on any atom is -0.238 e. The van der Waals surface area contributed by atoms with Crippen LogP contribution in [0.2, 0.25) is 0 Å². The number of nitrogens with zero attached hydrogens (tertiary/aromatic N) is 2. The number of para-hydroxylation sites is 1. The van der Waals surface area contributed by atoms with Gasteiger partial charge in [0.1, 0.15) is 0 Å². The van der Waals surface area contributed by atoms with Crippen LogP contribution < -0.4 is 0 Å². The van der Waals surface area contributed by atoms with Gasteiger partial charge in [-0.2, -0.15) is 4.31 Å². The highest BCUT2D eigenvalue weighted by Crippen LogP contribution is 2.50. The summed E-state index contributed by atoms with van der Waals surface area (Å²) in [6.45, 7) is 3.85. The van der Waals surface area contributed by atoms with Crippen LogP contribution in [0.5, 0.6) is 0 Å². The predicted molar refractivity (Wildman–Crippen MR) is 135 cm³/mol. The molecule has 0 N–H and O–H groups in total. The molecule has 35 heavy (non-hydrogen) atoms. The molecule has 2 atom stereocenters. The van der Waals surface area contributed by atoms with Crippen LogP contribution in [0.1, 0.15) is 41.3 Å². The van der Waals surface area contributed by atoms with Gasteiger partial charge in [0.2, 0.25) is 10.0 Å². The summed E-state index contributed by atoms with van der Waals surface area (Å²) in [6.07, 6.45) is 1.72. The summed E-state index contributed by atoms with van der Waals surface area (Å²) in [6, 6.07) is 20.5. The van der Waals surface area contributed by atoms with E-state index in [2.05, 4.69) is 0 Å². The molecule has 3 heterocycles. The number of hydrogen-bond donors (Lipinski definition) is 0. The van der Waals surface area contributed by atoms with Crippen molar-refractivity contribution in [2.45, 2.75) is 55.0 Å². The van der Waals surface area contributed by atoms with Gasteiger partial charge in [-0.3, -0.25) is 0 Å². The number of aromatic nitrogens is 1. The summed E-state index contributed by atoms with van der Waals surface area (Å²) in [5.41, 5.74) is 4.10. The lowest BCUT2D eigenvalue weighted by atomic mass is 9.99. The lowest BCUT2D eigenvalue weighted by molar-refractivity contribution is 0.303. The Balaban J connectivity index is 1.56. The first-order valence-corrected chi connectivity index (χ1v) is 14.6. The van der Waals surface area contributed by atoms with E-state index in [1.165, 1.54) is 3.97 Å². The molecule has 3 aromatic carbocycles. The number of rotatable bonds is 4. The fourth-order valence-corrected chi connectivity index (χ4v) is 9.10. The van der Waals surface area contributed by atoms with E-state index in [4.69, 9.17) is 0 Å². The molecule has 2 bridgehead atoms. The standard InChI is InChI=1S/C27H26N2O4S2/c1-18-7-12-21(13-8-18)34(30,31)28-20-11-16-25(28)27-23-5-3-4-6-24(23)29(26(27)17-20)35(32,33)22-14-9-19(2)10-15-22/h3-10,12-15,20,25H,11,16-17H2,1-2H3/t20-,25+/m0/s1. The van der Waals surface area contributed by atoms with Gasteiger partial charge >= 0.3 is 0 Å². The van der Waals surface area contributed by atoms with Gasteiger partial charge in [-0.1, -0.05) is 53.6 Å². The van der Waals surface area contributed by atoms with Gasteiger partial charge in [-0.15, -0.1) is 0 Å². The van der Waals surface area contributed by atoms with E-state index >= 15 is 0 Å². The Kier molecular flexibility index (Phi) is 5.01. The Hall–Kier alpha value is -2.94. The van der Waals surface area contributed by atoms with E-state index < -0.39 is 26.1 Å². The zero-order chi connectivity index (χ0) is 24.5. The van der Waals surface area contributed by atoms with Crippen molar-refractivity contribution < 1.29 is 16.8 Å². The molecular weight excluding hydrogens is 480 g/mol. The van der Waals surface area contributed by atoms with Gasteiger partial charge in [0.25, 0.3) is 10.0 Å². The molecular formula is C27H26N2O4S2. The van der Waals surface area contributed by atoms with Crippen molar-refractivity contribution in [1.82, 2.24) is 8.28 Å². The van der Waals surface area contributed by atoms with E-state index in [1.54, 1.807) is 40.7 Å². The fourth-order valence-electron chi connectivity index (χ4n) is 5.69. The zero-order valence-corrected chi connectivity index (χ0v) is 21.2. The van der Waals surface area contributed by atoms with Crippen LogP contribution in [0.15, 0.2) is 82.6 Å². The first kappa shape index (κ1) is 22.5. The van der Waals surface area contributed by atoms with Crippen LogP contribution in [0.3, 0.4) is 0 Å². The Morgan fingerprint density at radius 2 is 1.29 bits per heavy atom. The molecule has 2 aliphatic rings. The maximum absolute atomic E-state index is 13.9. The molecule has 8 heteroatoms. The quantitative estimate of drug-likeness (QED) is 0.393. The normalized spacial score (nSPS) is 20.3. The van der Waals surface area contributed by atoms with Crippen molar-refractivity contribution in [2.75, 3.05) is 0 Å². The maximum Gasteiger partial charge on any atom is 0.268 e. The second-order valence-corrected chi connectivity index (χ2v) is 13.2. The molecule has 0 unspecified atom stereocenters. The summed E-state index contributed by atoms with van der Waals surface area (Å²) in [5, 5.41) is 0.799. The summed E-state index contributed by atoms with van der Waals surface area (Å²) in [7, 11) is -7.60. The van der Waals surface area contributed by atoms with Gasteiger partial charge in [0.05, 0.1) is 21.3 Å². The van der Waals surface area contributed by atoms with Crippen LogP contribution in [-0.2, 0) is 26.5 Å². The molecule has 0 radical (unpaired) electrons. The van der Waals surface area contributed by atoms with Crippen molar-refractivity contribution >= 4 is 30.9 Å². The van der Waals surface area contributed by atoms with Crippen LogP contribution >= 0.6 is 0 Å². The van der Waals surface area contributed by atoms with Crippen molar-refractivity contribution in [2.24, 2.45) is 0 Å². The summed E-state index contributed by atoms with van der Waals surface area (Å²) < 4.78 is 58.4. The number of benzene rings is 3. The third-order valence-corrected chi connectivity index (χ3v) is 11.1. The summed E-state index contributed by atoms with van der Waals surface area (Å²) in [4.78, 5) is 0.508. The van der Waals surface area contributed by atoms with Crippen LogP contribution in [-0.4, -0.2) is 31.2 Å².